The molecule has 0 spiro atoms. The summed E-state index contributed by atoms with van der Waals surface area (Å²) in [6.45, 7) is -0.175. The van der Waals surface area contributed by atoms with Gasteiger partial charge in [-0.1, -0.05) is 40.9 Å². The molecule has 0 aromatic heterocycles. The lowest BCUT2D eigenvalue weighted by Crippen LogP contribution is -2.31. The van der Waals surface area contributed by atoms with E-state index in [-0.39, 0.29) is 19.8 Å². The molecule has 0 saturated heterocycles. The van der Waals surface area contributed by atoms with Gasteiger partial charge in [-0.2, -0.15) is 0 Å². The second-order valence-electron chi connectivity index (χ2n) is 4.81. The Kier molecular flexibility index (Phi) is 7.37. The third-order valence-corrected chi connectivity index (χ3v) is 3.86. The summed E-state index contributed by atoms with van der Waals surface area (Å²) in [5.74, 6) is -0.651. The van der Waals surface area contributed by atoms with E-state index in [0.29, 0.717) is 26.4 Å². The second-order valence-corrected chi connectivity index (χ2v) is 6.06. The zero-order chi connectivity index (χ0) is 18.2. The molecule has 0 bridgehead atoms. The first kappa shape index (κ1) is 19.4. The van der Waals surface area contributed by atoms with E-state index >= 15 is 0 Å². The number of carbonyl (C=O) groups excluding carboxylic acids is 2. The number of benzene rings is 2. The Balaban J connectivity index is 1.69. The van der Waals surface area contributed by atoms with Gasteiger partial charge in [0.15, 0.2) is 5.75 Å². The van der Waals surface area contributed by atoms with Crippen molar-refractivity contribution in [3.05, 3.63) is 63.1 Å². The number of hydrogen-bond donors (Lipinski definition) is 1. The molecule has 8 heteroatoms. The Labute approximate surface area is 159 Å². The normalized spacial score (nSPS) is 10.2. The molecule has 5 nitrogen and oxygen atoms in total. The quantitative estimate of drug-likeness (QED) is 0.561. The summed E-state index contributed by atoms with van der Waals surface area (Å²) >= 11 is 17.6. The highest BCUT2D eigenvalue weighted by atomic mass is 35.5. The van der Waals surface area contributed by atoms with Crippen LogP contribution in [0.3, 0.4) is 0 Å². The summed E-state index contributed by atoms with van der Waals surface area (Å²) in [7, 11) is 0. The fourth-order valence-corrected chi connectivity index (χ4v) is 2.46. The molecule has 0 unspecified atom stereocenters. The minimum atomic E-state index is -0.587. The Bertz CT molecular complexity index is 730. The molecule has 0 atom stereocenters. The lowest BCUT2D eigenvalue weighted by atomic mass is 10.2. The summed E-state index contributed by atoms with van der Waals surface area (Å²) in [4.78, 5) is 23.4. The zero-order valence-electron chi connectivity index (χ0n) is 12.9. The number of ether oxygens (including phenoxy) is 2. The van der Waals surface area contributed by atoms with Gasteiger partial charge in [-0.05, 0) is 36.4 Å². The maximum absolute atomic E-state index is 11.8. The molecule has 0 fully saturated rings. The molecule has 1 N–H and O–H groups in total. The highest BCUT2D eigenvalue weighted by Gasteiger charge is 2.10. The van der Waals surface area contributed by atoms with Crippen molar-refractivity contribution in [2.45, 2.75) is 0 Å². The van der Waals surface area contributed by atoms with Crippen molar-refractivity contribution >= 4 is 46.7 Å². The predicted molar refractivity (Wildman–Crippen MR) is 96.7 cm³/mol. The SMILES string of the molecule is O=C(CNC(=O)c1ccc(Cl)cc1)OCCOc1c(Cl)cccc1Cl. The van der Waals surface area contributed by atoms with Crippen LogP contribution in [0.25, 0.3) is 0 Å². The van der Waals surface area contributed by atoms with E-state index in [9.17, 15) is 9.59 Å². The molecule has 0 heterocycles. The molecule has 0 aliphatic rings. The van der Waals surface area contributed by atoms with Crippen molar-refractivity contribution in [3.8, 4) is 5.75 Å². The van der Waals surface area contributed by atoms with E-state index in [4.69, 9.17) is 44.3 Å². The molecule has 2 aromatic rings. The first-order valence-electron chi connectivity index (χ1n) is 7.23. The fraction of sp³-hybridized carbons (Fsp3) is 0.176. The summed E-state index contributed by atoms with van der Waals surface area (Å²) in [5, 5.41) is 3.72. The molecule has 0 saturated carbocycles. The summed E-state index contributed by atoms with van der Waals surface area (Å²) < 4.78 is 10.3. The third-order valence-electron chi connectivity index (χ3n) is 3.01. The van der Waals surface area contributed by atoms with Gasteiger partial charge in [0.25, 0.3) is 5.91 Å². The summed E-state index contributed by atoms with van der Waals surface area (Å²) in [5.41, 5.74) is 0.397. The molecule has 0 radical (unpaired) electrons. The zero-order valence-corrected chi connectivity index (χ0v) is 15.2. The van der Waals surface area contributed by atoms with Gasteiger partial charge in [0, 0.05) is 10.6 Å². The number of rotatable bonds is 7. The van der Waals surface area contributed by atoms with Gasteiger partial charge in [-0.3, -0.25) is 9.59 Å². The van der Waals surface area contributed by atoms with Gasteiger partial charge in [-0.25, -0.2) is 0 Å². The summed E-state index contributed by atoms with van der Waals surface area (Å²) in [6, 6.07) is 11.3. The number of esters is 1. The van der Waals surface area contributed by atoms with Crippen LogP contribution in [0.2, 0.25) is 15.1 Å². The molecule has 132 valence electrons. The van der Waals surface area contributed by atoms with Crippen LogP contribution >= 0.6 is 34.8 Å². The van der Waals surface area contributed by atoms with Gasteiger partial charge in [0.2, 0.25) is 0 Å². The highest BCUT2D eigenvalue weighted by molar-refractivity contribution is 6.37. The fourth-order valence-electron chi connectivity index (χ4n) is 1.83. The van der Waals surface area contributed by atoms with Crippen molar-refractivity contribution in [2.75, 3.05) is 19.8 Å². The van der Waals surface area contributed by atoms with E-state index in [1.54, 1.807) is 42.5 Å². The van der Waals surface area contributed by atoms with Crippen LogP contribution in [0, 0.1) is 0 Å². The second kappa shape index (κ2) is 9.51. The van der Waals surface area contributed by atoms with Crippen LogP contribution in [-0.2, 0) is 9.53 Å². The topological polar surface area (TPSA) is 64.6 Å². The molecule has 2 aromatic carbocycles. The maximum Gasteiger partial charge on any atom is 0.325 e. The van der Waals surface area contributed by atoms with Gasteiger partial charge in [0.05, 0.1) is 10.0 Å². The maximum atomic E-state index is 11.8. The van der Waals surface area contributed by atoms with Crippen LogP contribution in [0.1, 0.15) is 10.4 Å². The molecule has 1 amide bonds. The molecular weight excluding hydrogens is 389 g/mol. The van der Waals surface area contributed by atoms with Gasteiger partial charge in [0.1, 0.15) is 19.8 Å². The molecule has 25 heavy (non-hydrogen) atoms. The molecule has 0 aliphatic carbocycles. The molecular formula is C17H14Cl3NO4. The first-order chi connectivity index (χ1) is 12.0. The smallest absolute Gasteiger partial charge is 0.325 e. The predicted octanol–water partition coefficient (Wildman–Crippen LogP) is 4.00. The van der Waals surface area contributed by atoms with Gasteiger partial charge < -0.3 is 14.8 Å². The minimum Gasteiger partial charge on any atom is -0.487 e. The number of amides is 1. The lowest BCUT2D eigenvalue weighted by Gasteiger charge is -2.10. The Morgan fingerprint density at radius 3 is 2.20 bits per heavy atom. The average Bonchev–Trinajstić information content (AvgIpc) is 2.59. The van der Waals surface area contributed by atoms with E-state index in [1.807, 2.05) is 0 Å². The number of halogens is 3. The van der Waals surface area contributed by atoms with Crippen LogP contribution in [0.4, 0.5) is 0 Å². The highest BCUT2D eigenvalue weighted by Crippen LogP contribution is 2.32. The average molecular weight is 403 g/mol. The first-order valence-corrected chi connectivity index (χ1v) is 8.37. The van der Waals surface area contributed by atoms with Crippen molar-refractivity contribution in [2.24, 2.45) is 0 Å². The van der Waals surface area contributed by atoms with Crippen LogP contribution in [0.15, 0.2) is 42.5 Å². The van der Waals surface area contributed by atoms with E-state index in [1.165, 1.54) is 0 Å². The van der Waals surface area contributed by atoms with Gasteiger partial charge >= 0.3 is 5.97 Å². The number of para-hydroxylation sites is 1. The number of hydrogen-bond acceptors (Lipinski definition) is 4. The van der Waals surface area contributed by atoms with Crippen LogP contribution in [0.5, 0.6) is 5.75 Å². The largest absolute Gasteiger partial charge is 0.487 e. The molecule has 0 aliphatic heterocycles. The molecule has 2 rings (SSSR count). The lowest BCUT2D eigenvalue weighted by molar-refractivity contribution is -0.143. The van der Waals surface area contributed by atoms with Crippen molar-refractivity contribution in [1.82, 2.24) is 5.32 Å². The number of carbonyl (C=O) groups is 2. The number of nitrogens with one attached hydrogen (secondary N) is 1. The van der Waals surface area contributed by atoms with E-state index < -0.39 is 11.9 Å². The van der Waals surface area contributed by atoms with Crippen molar-refractivity contribution in [1.29, 1.82) is 0 Å². The Morgan fingerprint density at radius 2 is 1.56 bits per heavy atom. The minimum absolute atomic E-state index is 0.00278. The summed E-state index contributed by atoms with van der Waals surface area (Å²) in [6.07, 6.45) is 0. The third kappa shape index (κ3) is 6.12. The van der Waals surface area contributed by atoms with E-state index in [2.05, 4.69) is 5.32 Å². The van der Waals surface area contributed by atoms with Crippen molar-refractivity contribution < 1.29 is 19.1 Å². The Hall–Kier alpha value is -1.95. The van der Waals surface area contributed by atoms with Crippen molar-refractivity contribution in [3.63, 3.8) is 0 Å². The van der Waals surface area contributed by atoms with Gasteiger partial charge in [-0.15, -0.1) is 0 Å². The monoisotopic (exact) mass is 401 g/mol. The van der Waals surface area contributed by atoms with Crippen LogP contribution < -0.4 is 10.1 Å². The van der Waals surface area contributed by atoms with Crippen LogP contribution in [-0.4, -0.2) is 31.6 Å². The Morgan fingerprint density at radius 1 is 0.920 bits per heavy atom. The standard InChI is InChI=1S/C17H14Cl3NO4/c18-12-6-4-11(5-7-12)17(23)21-10-15(22)24-8-9-25-16-13(19)2-1-3-14(16)20/h1-7H,8-10H2,(H,21,23). The van der Waals surface area contributed by atoms with E-state index in [0.717, 1.165) is 0 Å².